The molecule has 2 aliphatic heterocycles. The van der Waals surface area contributed by atoms with Gasteiger partial charge in [-0.25, -0.2) is 4.98 Å². The van der Waals surface area contributed by atoms with E-state index in [1.54, 1.807) is 7.11 Å². The highest BCUT2D eigenvalue weighted by Gasteiger charge is 2.22. The lowest BCUT2D eigenvalue weighted by Crippen LogP contribution is -2.46. The van der Waals surface area contributed by atoms with Crippen molar-refractivity contribution in [2.75, 3.05) is 50.3 Å². The minimum atomic E-state index is 0.305. The smallest absolute Gasteiger partial charge is 0.231 e. The predicted octanol–water partition coefficient (Wildman–Crippen LogP) is 4.30. The van der Waals surface area contributed by atoms with Crippen LogP contribution >= 0.6 is 0 Å². The summed E-state index contributed by atoms with van der Waals surface area (Å²) in [5.74, 6) is 4.13. The topological polar surface area (TPSA) is 72.0 Å². The van der Waals surface area contributed by atoms with Gasteiger partial charge in [-0.3, -0.25) is 4.90 Å². The first-order valence-corrected chi connectivity index (χ1v) is 12.3. The molecule has 8 nitrogen and oxygen atoms in total. The van der Waals surface area contributed by atoms with Gasteiger partial charge in [0.05, 0.1) is 12.6 Å². The largest absolute Gasteiger partial charge is 0.496 e. The summed E-state index contributed by atoms with van der Waals surface area (Å²) in [6.07, 6.45) is 0. The fraction of sp³-hybridized carbons (Fsp3) is 0.286. The second kappa shape index (κ2) is 9.91. The number of nitrogens with one attached hydrogen (secondary N) is 1. The van der Waals surface area contributed by atoms with E-state index in [0.29, 0.717) is 13.3 Å². The van der Waals surface area contributed by atoms with Crippen LogP contribution in [0.4, 0.5) is 11.8 Å². The lowest BCUT2D eigenvalue weighted by molar-refractivity contribution is 0.174. The van der Waals surface area contributed by atoms with Crippen LogP contribution in [-0.2, 0) is 13.1 Å². The molecule has 0 aliphatic carbocycles. The van der Waals surface area contributed by atoms with E-state index in [-0.39, 0.29) is 0 Å². The molecule has 0 radical (unpaired) electrons. The Morgan fingerprint density at radius 3 is 2.58 bits per heavy atom. The van der Waals surface area contributed by atoms with Crippen LogP contribution in [0, 0.1) is 0 Å². The van der Waals surface area contributed by atoms with E-state index < -0.39 is 0 Å². The van der Waals surface area contributed by atoms with Gasteiger partial charge in [-0.05, 0) is 35.9 Å². The molecule has 0 amide bonds. The van der Waals surface area contributed by atoms with E-state index in [2.05, 4.69) is 39.4 Å². The lowest BCUT2D eigenvalue weighted by atomic mass is 10.1. The average molecular weight is 484 g/mol. The number of piperazine rings is 1. The fourth-order valence-electron chi connectivity index (χ4n) is 4.77. The van der Waals surface area contributed by atoms with Gasteiger partial charge in [0, 0.05) is 50.2 Å². The zero-order chi connectivity index (χ0) is 24.3. The van der Waals surface area contributed by atoms with Crippen LogP contribution in [0.5, 0.6) is 17.2 Å². The summed E-state index contributed by atoms with van der Waals surface area (Å²) in [6, 6.07) is 22.4. The molecule has 0 bridgehead atoms. The molecule has 36 heavy (non-hydrogen) atoms. The van der Waals surface area contributed by atoms with Gasteiger partial charge < -0.3 is 24.4 Å². The third kappa shape index (κ3) is 4.59. The summed E-state index contributed by atoms with van der Waals surface area (Å²) >= 11 is 0. The molecule has 2 aliphatic rings. The van der Waals surface area contributed by atoms with Crippen molar-refractivity contribution in [3.05, 3.63) is 77.9 Å². The van der Waals surface area contributed by atoms with Crippen molar-refractivity contribution >= 4 is 22.7 Å². The Balaban J connectivity index is 1.16. The van der Waals surface area contributed by atoms with E-state index >= 15 is 0 Å². The molecule has 0 saturated carbocycles. The molecular formula is C28H29N5O3. The van der Waals surface area contributed by atoms with Gasteiger partial charge in [-0.2, -0.15) is 4.98 Å². The number of fused-ring (bicyclic) bond motifs is 2. The Hall–Kier alpha value is -4.04. The summed E-state index contributed by atoms with van der Waals surface area (Å²) in [6.45, 7) is 5.42. The maximum Gasteiger partial charge on any atom is 0.231 e. The van der Waals surface area contributed by atoms with Crippen molar-refractivity contribution in [3.8, 4) is 17.2 Å². The molecule has 1 fully saturated rings. The van der Waals surface area contributed by atoms with Gasteiger partial charge in [0.2, 0.25) is 12.7 Å². The summed E-state index contributed by atoms with van der Waals surface area (Å²) < 4.78 is 16.5. The van der Waals surface area contributed by atoms with Gasteiger partial charge in [-0.1, -0.05) is 36.4 Å². The summed E-state index contributed by atoms with van der Waals surface area (Å²) in [5.41, 5.74) is 3.26. The predicted molar refractivity (Wildman–Crippen MR) is 140 cm³/mol. The number of aromatic nitrogens is 2. The van der Waals surface area contributed by atoms with Crippen LogP contribution in [0.15, 0.2) is 66.7 Å². The van der Waals surface area contributed by atoms with E-state index in [1.807, 2.05) is 42.5 Å². The molecule has 0 atom stereocenters. The average Bonchev–Trinajstić information content (AvgIpc) is 3.40. The Morgan fingerprint density at radius 2 is 1.69 bits per heavy atom. The first-order valence-electron chi connectivity index (χ1n) is 12.3. The van der Waals surface area contributed by atoms with Gasteiger partial charge in [0.25, 0.3) is 0 Å². The molecule has 1 aromatic heterocycles. The van der Waals surface area contributed by atoms with Crippen LogP contribution in [0.25, 0.3) is 10.9 Å². The molecule has 184 valence electrons. The van der Waals surface area contributed by atoms with Crippen LogP contribution in [0.3, 0.4) is 0 Å². The highest BCUT2D eigenvalue weighted by molar-refractivity contribution is 5.90. The van der Waals surface area contributed by atoms with Crippen molar-refractivity contribution in [3.63, 3.8) is 0 Å². The SMILES string of the molecule is COc1ccccc1CNc1nc(N2CCN(Cc3ccc4c(c3)OCO4)CC2)nc2ccccc12. The molecule has 6 rings (SSSR count). The van der Waals surface area contributed by atoms with Crippen molar-refractivity contribution < 1.29 is 14.2 Å². The van der Waals surface area contributed by atoms with Crippen LogP contribution in [-0.4, -0.2) is 54.9 Å². The van der Waals surface area contributed by atoms with Gasteiger partial charge >= 0.3 is 0 Å². The molecule has 0 spiro atoms. The van der Waals surface area contributed by atoms with E-state index in [0.717, 1.165) is 78.2 Å². The quantitative estimate of drug-likeness (QED) is 0.417. The number of ether oxygens (including phenoxy) is 3. The second-order valence-electron chi connectivity index (χ2n) is 9.01. The molecule has 8 heteroatoms. The monoisotopic (exact) mass is 483 g/mol. The maximum absolute atomic E-state index is 5.53. The third-order valence-electron chi connectivity index (χ3n) is 6.73. The molecular weight excluding hydrogens is 454 g/mol. The third-order valence-corrected chi connectivity index (χ3v) is 6.73. The Bertz CT molecular complexity index is 1370. The molecule has 1 N–H and O–H groups in total. The molecule has 4 aromatic rings. The summed E-state index contributed by atoms with van der Waals surface area (Å²) in [7, 11) is 1.70. The Labute approximate surface area is 210 Å². The van der Waals surface area contributed by atoms with Crippen molar-refractivity contribution in [1.29, 1.82) is 0 Å². The second-order valence-corrected chi connectivity index (χ2v) is 9.01. The molecule has 3 heterocycles. The molecule has 3 aromatic carbocycles. The van der Waals surface area contributed by atoms with E-state index in [9.17, 15) is 0 Å². The Kier molecular flexibility index (Phi) is 6.17. The highest BCUT2D eigenvalue weighted by Crippen LogP contribution is 2.33. The number of methoxy groups -OCH3 is 1. The number of hydrogen-bond donors (Lipinski definition) is 1. The lowest BCUT2D eigenvalue weighted by Gasteiger charge is -2.35. The minimum Gasteiger partial charge on any atom is -0.496 e. The number of nitrogens with zero attached hydrogens (tertiary/aromatic N) is 4. The van der Waals surface area contributed by atoms with Gasteiger partial charge in [-0.15, -0.1) is 0 Å². The van der Waals surface area contributed by atoms with Gasteiger partial charge in [0.15, 0.2) is 11.5 Å². The van der Waals surface area contributed by atoms with Crippen LogP contribution < -0.4 is 24.4 Å². The molecule has 0 unspecified atom stereocenters. The zero-order valence-electron chi connectivity index (χ0n) is 20.3. The van der Waals surface area contributed by atoms with Crippen molar-refractivity contribution in [2.24, 2.45) is 0 Å². The van der Waals surface area contributed by atoms with Crippen molar-refractivity contribution in [1.82, 2.24) is 14.9 Å². The van der Waals surface area contributed by atoms with Crippen LogP contribution in [0.1, 0.15) is 11.1 Å². The number of para-hydroxylation sites is 2. The summed E-state index contributed by atoms with van der Waals surface area (Å²) in [5, 5.41) is 4.54. The highest BCUT2D eigenvalue weighted by atomic mass is 16.7. The van der Waals surface area contributed by atoms with Crippen molar-refractivity contribution in [2.45, 2.75) is 13.1 Å². The standard InChI is InChI=1S/C28H29N5O3/c1-34-24-9-5-2-6-21(24)17-29-27-22-7-3-4-8-23(22)30-28(31-27)33-14-12-32(13-15-33)18-20-10-11-25-26(16-20)36-19-35-25/h2-11,16H,12-15,17-19H2,1H3,(H,29,30,31). The van der Waals surface area contributed by atoms with E-state index in [4.69, 9.17) is 24.2 Å². The molecule has 1 saturated heterocycles. The summed E-state index contributed by atoms with van der Waals surface area (Å²) in [4.78, 5) is 14.6. The van der Waals surface area contributed by atoms with Gasteiger partial charge in [0.1, 0.15) is 11.6 Å². The number of anilines is 2. The Morgan fingerprint density at radius 1 is 0.889 bits per heavy atom. The fourth-order valence-corrected chi connectivity index (χ4v) is 4.77. The normalized spacial score (nSPS) is 15.3. The first kappa shape index (κ1) is 22.4. The first-order chi connectivity index (χ1) is 17.8. The maximum atomic E-state index is 5.53. The number of rotatable bonds is 7. The zero-order valence-corrected chi connectivity index (χ0v) is 20.3. The minimum absolute atomic E-state index is 0.305. The van der Waals surface area contributed by atoms with E-state index in [1.165, 1.54) is 5.56 Å². The van der Waals surface area contributed by atoms with Crippen LogP contribution in [0.2, 0.25) is 0 Å². The number of benzene rings is 3. The number of hydrogen-bond acceptors (Lipinski definition) is 8.